The zero-order valence-corrected chi connectivity index (χ0v) is 17.2. The van der Waals surface area contributed by atoms with Gasteiger partial charge >= 0.3 is 23.9 Å². The van der Waals surface area contributed by atoms with Crippen LogP contribution in [-0.2, 0) is 47.7 Å². The molecule has 5 atom stereocenters. The molecule has 0 spiro atoms. The van der Waals surface area contributed by atoms with Gasteiger partial charge in [0.1, 0.15) is 12.7 Å². The fourth-order valence-electron chi connectivity index (χ4n) is 2.76. The maximum Gasteiger partial charge on any atom is 0.373 e. The van der Waals surface area contributed by atoms with Crippen LogP contribution < -0.4 is 5.32 Å². The van der Waals surface area contributed by atoms with E-state index in [-0.39, 0.29) is 0 Å². The SMILES string of the molecule is COC(=O)C1=C[C@H](O)[C@@H](NC(C)=O)[C@H]([C@H](OC(C)=O)[C@@H](COC(C)=O)OC(C)=O)O1. The topological polar surface area (TPSA) is 164 Å². The first-order chi connectivity index (χ1) is 14.0. The van der Waals surface area contributed by atoms with Crippen LogP contribution in [0.5, 0.6) is 0 Å². The van der Waals surface area contributed by atoms with Gasteiger partial charge in [-0.15, -0.1) is 0 Å². The van der Waals surface area contributed by atoms with Crippen LogP contribution in [-0.4, -0.2) is 79.1 Å². The van der Waals surface area contributed by atoms with Crippen molar-refractivity contribution in [1.82, 2.24) is 5.32 Å². The molecule has 0 bridgehead atoms. The summed E-state index contributed by atoms with van der Waals surface area (Å²) in [6, 6.07) is -1.21. The highest BCUT2D eigenvalue weighted by Crippen LogP contribution is 2.26. The van der Waals surface area contributed by atoms with E-state index in [0.29, 0.717) is 0 Å². The number of carbonyl (C=O) groups excluding carboxylic acids is 5. The third-order valence-corrected chi connectivity index (χ3v) is 3.82. The lowest BCUT2D eigenvalue weighted by molar-refractivity contribution is -0.190. The van der Waals surface area contributed by atoms with E-state index in [1.54, 1.807) is 0 Å². The minimum Gasteiger partial charge on any atom is -0.477 e. The highest BCUT2D eigenvalue weighted by atomic mass is 16.6. The van der Waals surface area contributed by atoms with Gasteiger partial charge in [-0.05, 0) is 6.08 Å². The lowest BCUT2D eigenvalue weighted by Crippen LogP contribution is -2.61. The Bertz CT molecular complexity index is 717. The Morgan fingerprint density at radius 2 is 1.67 bits per heavy atom. The number of hydrogen-bond acceptors (Lipinski definition) is 11. The van der Waals surface area contributed by atoms with Crippen LogP contribution in [0.25, 0.3) is 0 Å². The molecule has 168 valence electrons. The molecule has 1 aliphatic heterocycles. The predicted octanol–water partition coefficient (Wildman–Crippen LogP) is -1.27. The molecular weight excluding hydrogens is 406 g/mol. The van der Waals surface area contributed by atoms with Gasteiger partial charge in [0.15, 0.2) is 18.3 Å². The van der Waals surface area contributed by atoms with Crippen molar-refractivity contribution in [2.45, 2.75) is 58.2 Å². The molecule has 12 heteroatoms. The van der Waals surface area contributed by atoms with E-state index in [2.05, 4.69) is 10.1 Å². The maximum atomic E-state index is 11.9. The van der Waals surface area contributed by atoms with Crippen molar-refractivity contribution < 1.29 is 52.8 Å². The lowest BCUT2D eigenvalue weighted by Gasteiger charge is -2.40. The molecule has 1 rings (SSSR count). The maximum absolute atomic E-state index is 11.9. The first-order valence-corrected chi connectivity index (χ1v) is 8.86. The molecule has 12 nitrogen and oxygen atoms in total. The van der Waals surface area contributed by atoms with E-state index in [1.165, 1.54) is 6.92 Å². The van der Waals surface area contributed by atoms with Crippen molar-refractivity contribution in [3.8, 4) is 0 Å². The third kappa shape index (κ3) is 7.35. The third-order valence-electron chi connectivity index (χ3n) is 3.82. The summed E-state index contributed by atoms with van der Waals surface area (Å²) in [7, 11) is 1.08. The Hall–Kier alpha value is -3.15. The second-order valence-corrected chi connectivity index (χ2v) is 6.35. The van der Waals surface area contributed by atoms with Gasteiger partial charge in [-0.25, -0.2) is 4.79 Å². The molecule has 1 heterocycles. The summed E-state index contributed by atoms with van der Waals surface area (Å²) in [6.07, 6.45) is -4.70. The van der Waals surface area contributed by atoms with Crippen molar-refractivity contribution in [1.29, 1.82) is 0 Å². The fraction of sp³-hybridized carbons (Fsp3) is 0.611. The van der Waals surface area contributed by atoms with Crippen molar-refractivity contribution in [3.63, 3.8) is 0 Å². The Balaban J connectivity index is 3.41. The quantitative estimate of drug-likeness (QED) is 0.348. The molecule has 30 heavy (non-hydrogen) atoms. The summed E-state index contributed by atoms with van der Waals surface area (Å²) in [6.45, 7) is 3.91. The number of ether oxygens (including phenoxy) is 5. The number of amides is 1. The molecule has 0 saturated carbocycles. The van der Waals surface area contributed by atoms with Crippen molar-refractivity contribution in [3.05, 3.63) is 11.8 Å². The zero-order valence-electron chi connectivity index (χ0n) is 17.2. The van der Waals surface area contributed by atoms with E-state index in [0.717, 1.165) is 34.0 Å². The van der Waals surface area contributed by atoms with Crippen LogP contribution in [0, 0.1) is 0 Å². The summed E-state index contributed by atoms with van der Waals surface area (Å²) in [5, 5.41) is 12.9. The standard InChI is InChI=1S/C18H25NO11/c1-8(20)19-15-12(24)6-13(18(25)26-5)30-17(15)16(29-11(4)23)14(28-10(3)22)7-27-9(2)21/h6,12,14-17,24H,7H2,1-5H3,(H,19,20)/t12-,14+,15+,16+,17+/m0/s1. The smallest absolute Gasteiger partial charge is 0.373 e. The van der Waals surface area contributed by atoms with Gasteiger partial charge in [0.05, 0.1) is 13.2 Å². The summed E-state index contributed by atoms with van der Waals surface area (Å²) in [5.41, 5.74) is 0. The number of nitrogens with one attached hydrogen (secondary N) is 1. The van der Waals surface area contributed by atoms with Crippen LogP contribution in [0.15, 0.2) is 11.8 Å². The van der Waals surface area contributed by atoms with Gasteiger partial charge in [0, 0.05) is 27.7 Å². The van der Waals surface area contributed by atoms with Gasteiger partial charge in [-0.1, -0.05) is 0 Å². The van der Waals surface area contributed by atoms with E-state index in [9.17, 15) is 29.1 Å². The number of aliphatic hydroxyl groups excluding tert-OH is 1. The number of rotatable bonds is 8. The largest absolute Gasteiger partial charge is 0.477 e. The molecular formula is C18H25NO11. The Kier molecular flexibility index (Phi) is 9.24. The fourth-order valence-corrected chi connectivity index (χ4v) is 2.76. The average Bonchev–Trinajstić information content (AvgIpc) is 2.63. The van der Waals surface area contributed by atoms with E-state index < -0.39 is 72.6 Å². The van der Waals surface area contributed by atoms with Crippen molar-refractivity contribution >= 4 is 29.8 Å². The molecule has 0 aromatic carbocycles. The molecule has 0 unspecified atom stereocenters. The van der Waals surface area contributed by atoms with Crippen LogP contribution in [0.4, 0.5) is 0 Å². The van der Waals surface area contributed by atoms with Crippen LogP contribution >= 0.6 is 0 Å². The molecule has 1 aliphatic rings. The van der Waals surface area contributed by atoms with Crippen LogP contribution in [0.1, 0.15) is 27.7 Å². The minimum absolute atomic E-state index is 0.414. The Morgan fingerprint density at radius 1 is 1.07 bits per heavy atom. The molecule has 1 amide bonds. The molecule has 0 aliphatic carbocycles. The van der Waals surface area contributed by atoms with Gasteiger partial charge in [-0.2, -0.15) is 0 Å². The highest BCUT2D eigenvalue weighted by Gasteiger charge is 2.47. The van der Waals surface area contributed by atoms with Crippen LogP contribution in [0.2, 0.25) is 0 Å². The van der Waals surface area contributed by atoms with E-state index >= 15 is 0 Å². The second kappa shape index (κ2) is 11.1. The van der Waals surface area contributed by atoms with Crippen molar-refractivity contribution in [2.24, 2.45) is 0 Å². The highest BCUT2D eigenvalue weighted by molar-refractivity contribution is 5.86. The molecule has 0 aromatic heterocycles. The molecule has 0 radical (unpaired) electrons. The molecule has 0 fully saturated rings. The van der Waals surface area contributed by atoms with Gasteiger partial charge in [-0.3, -0.25) is 19.2 Å². The number of hydrogen-bond donors (Lipinski definition) is 2. The normalized spacial score (nSPS) is 22.3. The Labute approximate surface area is 172 Å². The monoisotopic (exact) mass is 431 g/mol. The second-order valence-electron chi connectivity index (χ2n) is 6.35. The van der Waals surface area contributed by atoms with Crippen molar-refractivity contribution in [2.75, 3.05) is 13.7 Å². The minimum atomic E-state index is -1.48. The number of aliphatic hydroxyl groups is 1. The summed E-state index contributed by atoms with van der Waals surface area (Å²) < 4.78 is 25.4. The Morgan fingerprint density at radius 3 is 2.13 bits per heavy atom. The first kappa shape index (κ1) is 24.9. The number of methoxy groups -OCH3 is 1. The summed E-state index contributed by atoms with van der Waals surface area (Å²) in [5.74, 6) is -4.23. The van der Waals surface area contributed by atoms with Gasteiger partial charge < -0.3 is 34.1 Å². The summed E-state index contributed by atoms with van der Waals surface area (Å²) >= 11 is 0. The number of esters is 4. The first-order valence-electron chi connectivity index (χ1n) is 8.86. The molecule has 0 aromatic rings. The van der Waals surface area contributed by atoms with Crippen LogP contribution in [0.3, 0.4) is 0 Å². The zero-order chi connectivity index (χ0) is 23.0. The predicted molar refractivity (Wildman–Crippen MR) is 96.3 cm³/mol. The van der Waals surface area contributed by atoms with Gasteiger partial charge in [0.2, 0.25) is 11.7 Å². The number of carbonyl (C=O) groups is 5. The van der Waals surface area contributed by atoms with Gasteiger partial charge in [0.25, 0.3) is 0 Å². The lowest BCUT2D eigenvalue weighted by atomic mass is 9.93. The van der Waals surface area contributed by atoms with E-state index in [1.807, 2.05) is 0 Å². The summed E-state index contributed by atoms with van der Waals surface area (Å²) in [4.78, 5) is 58.1. The average molecular weight is 431 g/mol. The molecule has 0 saturated heterocycles. The molecule has 2 N–H and O–H groups in total. The van der Waals surface area contributed by atoms with E-state index in [4.69, 9.17) is 18.9 Å².